The van der Waals surface area contributed by atoms with Crippen LogP contribution in [-0.2, 0) is 0 Å². The summed E-state index contributed by atoms with van der Waals surface area (Å²) in [4.78, 5) is 8.75. The number of aromatic nitrogens is 2. The summed E-state index contributed by atoms with van der Waals surface area (Å²) in [6.07, 6.45) is 3.72. The predicted octanol–water partition coefficient (Wildman–Crippen LogP) is 3.09. The number of para-hydroxylation sites is 1. The summed E-state index contributed by atoms with van der Waals surface area (Å²) in [6, 6.07) is 10.2. The van der Waals surface area contributed by atoms with Crippen molar-refractivity contribution in [2.75, 3.05) is 0 Å². The van der Waals surface area contributed by atoms with Crippen LogP contribution in [0.5, 0.6) is 0 Å². The number of benzene rings is 1. The summed E-state index contributed by atoms with van der Waals surface area (Å²) in [5.41, 5.74) is 2.10. The molecule has 0 aliphatic rings. The van der Waals surface area contributed by atoms with Gasteiger partial charge in [-0.3, -0.25) is 9.97 Å². The van der Waals surface area contributed by atoms with E-state index in [1.165, 1.54) is 16.2 Å². The molecule has 2 heteroatoms. The van der Waals surface area contributed by atoms with Crippen molar-refractivity contribution in [2.24, 2.45) is 0 Å². The van der Waals surface area contributed by atoms with Gasteiger partial charge in [0, 0.05) is 34.2 Å². The summed E-state index contributed by atoms with van der Waals surface area (Å²) in [7, 11) is 0. The number of hydrogen-bond donors (Lipinski definition) is 0. The Kier molecular flexibility index (Phi) is 1.68. The number of aryl methyl sites for hydroxylation is 1. The monoisotopic (exact) mass is 194 g/mol. The zero-order chi connectivity index (χ0) is 10.3. The lowest BCUT2D eigenvalue weighted by molar-refractivity contribution is 1.27. The highest BCUT2D eigenvalue weighted by Gasteiger charge is 2.03. The molecule has 0 aliphatic carbocycles. The van der Waals surface area contributed by atoms with E-state index in [9.17, 15) is 0 Å². The average Bonchev–Trinajstić information content (AvgIpc) is 2.30. The van der Waals surface area contributed by atoms with Gasteiger partial charge in [0.05, 0.1) is 5.52 Å². The lowest BCUT2D eigenvalue weighted by Crippen LogP contribution is -1.87. The van der Waals surface area contributed by atoms with E-state index in [4.69, 9.17) is 0 Å². The van der Waals surface area contributed by atoms with Crippen molar-refractivity contribution in [3.05, 3.63) is 48.4 Å². The molecular formula is C13H10N2. The molecule has 0 spiro atoms. The molecule has 0 fully saturated rings. The summed E-state index contributed by atoms with van der Waals surface area (Å²) in [6.45, 7) is 2.04. The van der Waals surface area contributed by atoms with E-state index in [2.05, 4.69) is 16.0 Å². The second-order valence-corrected chi connectivity index (χ2v) is 3.64. The SMILES string of the molecule is Cc1nc2ccccc2c2cnccc12. The van der Waals surface area contributed by atoms with Gasteiger partial charge in [-0.15, -0.1) is 0 Å². The first-order valence-corrected chi connectivity index (χ1v) is 4.95. The Morgan fingerprint density at radius 1 is 0.933 bits per heavy atom. The van der Waals surface area contributed by atoms with Crippen LogP contribution in [-0.4, -0.2) is 9.97 Å². The van der Waals surface area contributed by atoms with E-state index in [0.717, 1.165) is 11.2 Å². The first-order valence-electron chi connectivity index (χ1n) is 4.95. The Morgan fingerprint density at radius 2 is 1.80 bits per heavy atom. The molecule has 0 saturated carbocycles. The molecule has 2 aromatic heterocycles. The molecule has 15 heavy (non-hydrogen) atoms. The van der Waals surface area contributed by atoms with Gasteiger partial charge in [-0.05, 0) is 19.1 Å². The molecule has 0 radical (unpaired) electrons. The number of pyridine rings is 2. The van der Waals surface area contributed by atoms with E-state index in [-0.39, 0.29) is 0 Å². The number of nitrogens with zero attached hydrogens (tertiary/aromatic N) is 2. The van der Waals surface area contributed by atoms with Gasteiger partial charge in [0.25, 0.3) is 0 Å². The van der Waals surface area contributed by atoms with Gasteiger partial charge in [-0.2, -0.15) is 0 Å². The molecule has 2 nitrogen and oxygen atoms in total. The molecule has 0 atom stereocenters. The number of fused-ring (bicyclic) bond motifs is 3. The Labute approximate surface area is 87.6 Å². The molecule has 0 unspecified atom stereocenters. The quantitative estimate of drug-likeness (QED) is 0.514. The van der Waals surface area contributed by atoms with Gasteiger partial charge in [0.1, 0.15) is 0 Å². The van der Waals surface area contributed by atoms with Crippen molar-refractivity contribution in [3.63, 3.8) is 0 Å². The van der Waals surface area contributed by atoms with E-state index in [1.54, 1.807) is 0 Å². The first-order chi connectivity index (χ1) is 7.36. The van der Waals surface area contributed by atoms with Gasteiger partial charge in [0.2, 0.25) is 0 Å². The molecule has 2 heterocycles. The maximum Gasteiger partial charge on any atom is 0.0712 e. The highest BCUT2D eigenvalue weighted by molar-refractivity contribution is 6.05. The molecule has 72 valence electrons. The highest BCUT2D eigenvalue weighted by atomic mass is 14.7. The Balaban J connectivity index is 2.64. The fraction of sp³-hybridized carbons (Fsp3) is 0.0769. The summed E-state index contributed by atoms with van der Waals surface area (Å²) >= 11 is 0. The van der Waals surface area contributed by atoms with Crippen LogP contribution in [0.15, 0.2) is 42.7 Å². The summed E-state index contributed by atoms with van der Waals surface area (Å²) < 4.78 is 0. The van der Waals surface area contributed by atoms with Crippen LogP contribution in [0.3, 0.4) is 0 Å². The Morgan fingerprint density at radius 3 is 2.73 bits per heavy atom. The Hall–Kier alpha value is -1.96. The summed E-state index contributed by atoms with van der Waals surface area (Å²) in [5.74, 6) is 0. The van der Waals surface area contributed by atoms with Gasteiger partial charge >= 0.3 is 0 Å². The van der Waals surface area contributed by atoms with Gasteiger partial charge in [-0.1, -0.05) is 18.2 Å². The molecule has 0 saturated heterocycles. The molecule has 3 rings (SSSR count). The molecule has 0 aliphatic heterocycles. The van der Waals surface area contributed by atoms with Crippen molar-refractivity contribution in [3.8, 4) is 0 Å². The van der Waals surface area contributed by atoms with Crippen LogP contribution in [0.25, 0.3) is 21.7 Å². The van der Waals surface area contributed by atoms with Crippen LogP contribution in [0, 0.1) is 6.92 Å². The number of hydrogen-bond acceptors (Lipinski definition) is 2. The van der Waals surface area contributed by atoms with Crippen molar-refractivity contribution in [1.29, 1.82) is 0 Å². The largest absolute Gasteiger partial charge is 0.264 e. The van der Waals surface area contributed by atoms with Crippen LogP contribution >= 0.6 is 0 Å². The maximum atomic E-state index is 4.58. The summed E-state index contributed by atoms with van der Waals surface area (Å²) in [5, 5.41) is 3.54. The number of rotatable bonds is 0. The van der Waals surface area contributed by atoms with Crippen molar-refractivity contribution < 1.29 is 0 Å². The van der Waals surface area contributed by atoms with E-state index >= 15 is 0 Å². The smallest absolute Gasteiger partial charge is 0.0712 e. The lowest BCUT2D eigenvalue weighted by atomic mass is 10.1. The minimum atomic E-state index is 1.04. The maximum absolute atomic E-state index is 4.58. The zero-order valence-electron chi connectivity index (χ0n) is 8.44. The van der Waals surface area contributed by atoms with Crippen molar-refractivity contribution in [2.45, 2.75) is 6.92 Å². The van der Waals surface area contributed by atoms with Crippen molar-refractivity contribution in [1.82, 2.24) is 9.97 Å². The topological polar surface area (TPSA) is 25.8 Å². The van der Waals surface area contributed by atoms with E-state index < -0.39 is 0 Å². The second-order valence-electron chi connectivity index (χ2n) is 3.64. The molecular weight excluding hydrogens is 184 g/mol. The Bertz CT molecular complexity index is 644. The van der Waals surface area contributed by atoms with Crippen LogP contribution in [0.1, 0.15) is 5.69 Å². The lowest BCUT2D eigenvalue weighted by Gasteiger charge is -2.05. The standard InChI is InChI=1S/C13H10N2/c1-9-10-6-7-14-8-12(10)11-4-2-3-5-13(11)15-9/h2-8H,1H3. The highest BCUT2D eigenvalue weighted by Crippen LogP contribution is 2.24. The third kappa shape index (κ3) is 1.18. The third-order valence-corrected chi connectivity index (χ3v) is 2.69. The zero-order valence-corrected chi connectivity index (χ0v) is 8.44. The molecule has 0 bridgehead atoms. The third-order valence-electron chi connectivity index (χ3n) is 2.69. The molecule has 3 aromatic rings. The fourth-order valence-corrected chi connectivity index (χ4v) is 1.96. The molecule has 1 aromatic carbocycles. The normalized spacial score (nSPS) is 11.0. The van der Waals surface area contributed by atoms with E-state index in [1.807, 2.05) is 43.6 Å². The average molecular weight is 194 g/mol. The van der Waals surface area contributed by atoms with Crippen molar-refractivity contribution >= 4 is 21.7 Å². The van der Waals surface area contributed by atoms with E-state index in [0.29, 0.717) is 0 Å². The second kappa shape index (κ2) is 3.02. The molecule has 0 amide bonds. The van der Waals surface area contributed by atoms with Gasteiger partial charge in [-0.25, -0.2) is 0 Å². The van der Waals surface area contributed by atoms with Crippen LogP contribution < -0.4 is 0 Å². The molecule has 0 N–H and O–H groups in total. The minimum absolute atomic E-state index is 1.04. The minimum Gasteiger partial charge on any atom is -0.264 e. The predicted molar refractivity (Wildman–Crippen MR) is 61.8 cm³/mol. The van der Waals surface area contributed by atoms with Gasteiger partial charge in [0.15, 0.2) is 0 Å². The van der Waals surface area contributed by atoms with Crippen LogP contribution in [0.4, 0.5) is 0 Å². The van der Waals surface area contributed by atoms with Crippen LogP contribution in [0.2, 0.25) is 0 Å². The first kappa shape index (κ1) is 8.36. The van der Waals surface area contributed by atoms with Gasteiger partial charge < -0.3 is 0 Å². The fourth-order valence-electron chi connectivity index (χ4n) is 1.96.